The third kappa shape index (κ3) is 2.63. The van der Waals surface area contributed by atoms with Crippen molar-refractivity contribution in [2.24, 2.45) is 11.8 Å². The molecule has 1 aromatic carbocycles. The highest BCUT2D eigenvalue weighted by Crippen LogP contribution is 2.54. The first-order valence-electron chi connectivity index (χ1n) is 9.70. The van der Waals surface area contributed by atoms with Crippen LogP contribution in [0.3, 0.4) is 0 Å². The van der Waals surface area contributed by atoms with Gasteiger partial charge >= 0.3 is 0 Å². The van der Waals surface area contributed by atoms with Gasteiger partial charge in [0.05, 0.1) is 24.9 Å². The molecule has 1 aromatic rings. The Morgan fingerprint density at radius 2 is 2.26 bits per heavy atom. The molecule has 2 N–H and O–H groups in total. The zero-order valence-corrected chi connectivity index (χ0v) is 15.1. The lowest BCUT2D eigenvalue weighted by atomic mass is 9.73. The monoisotopic (exact) mass is 372 g/mol. The largest absolute Gasteiger partial charge is 0.493 e. The van der Waals surface area contributed by atoms with Crippen LogP contribution < -0.4 is 10.1 Å². The number of hydrogen-bond acceptors (Lipinski definition) is 5. The molecule has 144 valence electrons. The van der Waals surface area contributed by atoms with Crippen molar-refractivity contribution < 1.29 is 24.2 Å². The minimum atomic E-state index is -0.463. The summed E-state index contributed by atoms with van der Waals surface area (Å²) in [4.78, 5) is 26.2. The van der Waals surface area contributed by atoms with Crippen LogP contribution in [0.4, 0.5) is 0 Å². The van der Waals surface area contributed by atoms with Crippen LogP contribution in [0.25, 0.3) is 0 Å². The van der Waals surface area contributed by atoms with Gasteiger partial charge < -0.3 is 24.8 Å². The van der Waals surface area contributed by atoms with Crippen LogP contribution >= 0.6 is 0 Å². The van der Waals surface area contributed by atoms with Crippen molar-refractivity contribution in [2.45, 2.75) is 31.0 Å². The van der Waals surface area contributed by atoms with Gasteiger partial charge in [0.15, 0.2) is 0 Å². The normalized spacial score (nSPS) is 32.9. The molecule has 4 aliphatic heterocycles. The van der Waals surface area contributed by atoms with Crippen LogP contribution in [0, 0.1) is 11.8 Å². The van der Waals surface area contributed by atoms with Crippen molar-refractivity contribution in [2.75, 3.05) is 32.8 Å². The van der Waals surface area contributed by atoms with Crippen molar-refractivity contribution >= 4 is 11.8 Å². The SMILES string of the molecule is O=C(NCC1C2CC[C@]3(CN(C(=O)CO)C[C@@H]13)O2)c1ccc2c(c1)CCO2. The van der Waals surface area contributed by atoms with Crippen LogP contribution in [0.5, 0.6) is 5.75 Å². The van der Waals surface area contributed by atoms with Gasteiger partial charge in [-0.1, -0.05) is 0 Å². The highest BCUT2D eigenvalue weighted by molar-refractivity contribution is 5.94. The van der Waals surface area contributed by atoms with E-state index in [1.54, 1.807) is 11.0 Å². The maximum atomic E-state index is 12.6. The lowest BCUT2D eigenvalue weighted by Crippen LogP contribution is -2.41. The summed E-state index contributed by atoms with van der Waals surface area (Å²) in [6, 6.07) is 5.57. The summed E-state index contributed by atoms with van der Waals surface area (Å²) in [5.74, 6) is 0.976. The van der Waals surface area contributed by atoms with Gasteiger partial charge in [0.1, 0.15) is 12.4 Å². The van der Waals surface area contributed by atoms with E-state index in [1.807, 2.05) is 12.1 Å². The Labute approximate surface area is 157 Å². The molecule has 4 atom stereocenters. The zero-order valence-electron chi connectivity index (χ0n) is 15.1. The van der Waals surface area contributed by atoms with Crippen molar-refractivity contribution in [1.82, 2.24) is 10.2 Å². The number of nitrogens with one attached hydrogen (secondary N) is 1. The molecule has 0 aromatic heterocycles. The highest BCUT2D eigenvalue weighted by Gasteiger charge is 2.63. The van der Waals surface area contributed by atoms with Crippen LogP contribution in [0.2, 0.25) is 0 Å². The number of ether oxygens (including phenoxy) is 2. The molecule has 0 saturated carbocycles. The number of fused-ring (bicyclic) bond motifs is 2. The predicted molar refractivity (Wildman–Crippen MR) is 95.5 cm³/mol. The fourth-order valence-corrected chi connectivity index (χ4v) is 5.39. The van der Waals surface area contributed by atoms with Crippen LogP contribution in [-0.2, 0) is 16.0 Å². The van der Waals surface area contributed by atoms with Crippen LogP contribution in [0.15, 0.2) is 18.2 Å². The Kier molecular flexibility index (Phi) is 3.91. The second kappa shape index (κ2) is 6.21. The van der Waals surface area contributed by atoms with Gasteiger partial charge in [0.25, 0.3) is 5.91 Å². The summed E-state index contributed by atoms with van der Waals surface area (Å²) in [6.45, 7) is 1.92. The number of rotatable bonds is 4. The van der Waals surface area contributed by atoms with E-state index in [1.165, 1.54) is 0 Å². The maximum Gasteiger partial charge on any atom is 0.251 e. The van der Waals surface area contributed by atoms with E-state index in [0.29, 0.717) is 31.8 Å². The van der Waals surface area contributed by atoms with Gasteiger partial charge in [0.2, 0.25) is 5.91 Å². The summed E-state index contributed by atoms with van der Waals surface area (Å²) in [5.41, 5.74) is 1.45. The molecule has 0 aliphatic carbocycles. The van der Waals surface area contributed by atoms with Gasteiger partial charge in [-0.2, -0.15) is 0 Å². The minimum Gasteiger partial charge on any atom is -0.493 e. The molecular formula is C20H24N2O5. The van der Waals surface area contributed by atoms with E-state index >= 15 is 0 Å². The third-order valence-electron chi connectivity index (χ3n) is 6.72. The second-order valence-corrected chi connectivity index (χ2v) is 8.09. The number of nitrogens with zero attached hydrogens (tertiary/aromatic N) is 1. The molecule has 4 heterocycles. The average Bonchev–Trinajstić information content (AvgIpc) is 3.43. The van der Waals surface area contributed by atoms with E-state index in [2.05, 4.69) is 5.32 Å². The lowest BCUT2D eigenvalue weighted by molar-refractivity contribution is -0.134. The molecule has 0 radical (unpaired) electrons. The summed E-state index contributed by atoms with van der Waals surface area (Å²) < 4.78 is 11.8. The summed E-state index contributed by atoms with van der Waals surface area (Å²) in [7, 11) is 0. The fraction of sp³-hybridized carbons (Fsp3) is 0.600. The number of carbonyl (C=O) groups is 2. The third-order valence-corrected chi connectivity index (χ3v) is 6.72. The molecule has 3 fully saturated rings. The fourth-order valence-electron chi connectivity index (χ4n) is 5.39. The quantitative estimate of drug-likeness (QED) is 0.796. The molecule has 1 spiro atoms. The standard InChI is InChI=1S/C20H24N2O5/c23-10-18(24)22-9-15-14(17-3-5-20(15,11-22)27-17)8-21-19(25)13-1-2-16-12(7-13)4-6-26-16/h1-2,7,14-15,17,23H,3-6,8-11H2,(H,21,25)/t14?,15-,17?,20+/m0/s1. The second-order valence-electron chi connectivity index (χ2n) is 8.09. The van der Waals surface area contributed by atoms with Gasteiger partial charge in [-0.3, -0.25) is 9.59 Å². The highest BCUT2D eigenvalue weighted by atomic mass is 16.5. The summed E-state index contributed by atoms with van der Waals surface area (Å²) >= 11 is 0. The molecule has 7 heteroatoms. The Morgan fingerprint density at radius 1 is 1.37 bits per heavy atom. The van der Waals surface area contributed by atoms with E-state index in [9.17, 15) is 9.59 Å². The minimum absolute atomic E-state index is 0.0807. The summed E-state index contributed by atoms with van der Waals surface area (Å²) in [5, 5.41) is 12.2. The van der Waals surface area contributed by atoms with E-state index in [-0.39, 0.29) is 35.4 Å². The predicted octanol–water partition coefficient (Wildman–Crippen LogP) is 0.350. The number of aliphatic hydroxyl groups excluding tert-OH is 1. The van der Waals surface area contributed by atoms with Gasteiger partial charge in [-0.05, 0) is 36.6 Å². The van der Waals surface area contributed by atoms with Crippen LogP contribution in [0.1, 0.15) is 28.8 Å². The molecule has 7 nitrogen and oxygen atoms in total. The number of aliphatic hydroxyl groups is 1. The molecule has 4 aliphatic rings. The number of benzene rings is 1. The first-order chi connectivity index (χ1) is 13.1. The Balaban J connectivity index is 1.26. The molecule has 2 unspecified atom stereocenters. The van der Waals surface area contributed by atoms with Gasteiger partial charge in [-0.15, -0.1) is 0 Å². The smallest absolute Gasteiger partial charge is 0.251 e. The van der Waals surface area contributed by atoms with E-state index < -0.39 is 6.61 Å². The molecular weight excluding hydrogens is 348 g/mol. The summed E-state index contributed by atoms with van der Waals surface area (Å²) in [6.07, 6.45) is 2.91. The van der Waals surface area contributed by atoms with Crippen LogP contribution in [-0.4, -0.2) is 66.4 Å². The van der Waals surface area contributed by atoms with Gasteiger partial charge in [-0.25, -0.2) is 0 Å². The number of carbonyl (C=O) groups excluding carboxylic acids is 2. The molecule has 5 rings (SSSR count). The number of hydrogen-bond donors (Lipinski definition) is 2. The van der Waals surface area contributed by atoms with E-state index in [4.69, 9.17) is 14.6 Å². The van der Waals surface area contributed by atoms with E-state index in [0.717, 1.165) is 30.6 Å². The average molecular weight is 372 g/mol. The van der Waals surface area contributed by atoms with Gasteiger partial charge in [0, 0.05) is 36.9 Å². The van der Waals surface area contributed by atoms with Crippen molar-refractivity contribution in [3.63, 3.8) is 0 Å². The number of likely N-dealkylation sites (tertiary alicyclic amines) is 1. The Bertz CT molecular complexity index is 797. The number of amides is 2. The van der Waals surface area contributed by atoms with Crippen molar-refractivity contribution in [1.29, 1.82) is 0 Å². The Hall–Kier alpha value is -2.12. The lowest BCUT2D eigenvalue weighted by Gasteiger charge is -2.29. The first kappa shape index (κ1) is 17.0. The molecule has 2 amide bonds. The molecule has 2 bridgehead atoms. The molecule has 3 saturated heterocycles. The first-order valence-corrected chi connectivity index (χ1v) is 9.70. The maximum absolute atomic E-state index is 12.6. The zero-order chi connectivity index (χ0) is 18.6. The molecule has 27 heavy (non-hydrogen) atoms. The van der Waals surface area contributed by atoms with Crippen molar-refractivity contribution in [3.05, 3.63) is 29.3 Å². The Morgan fingerprint density at radius 3 is 3.11 bits per heavy atom. The van der Waals surface area contributed by atoms with Crippen molar-refractivity contribution in [3.8, 4) is 5.75 Å². The topological polar surface area (TPSA) is 88.1 Å².